The van der Waals surface area contributed by atoms with Crippen molar-refractivity contribution in [1.29, 1.82) is 0 Å². The topological polar surface area (TPSA) is 84.7 Å². The highest BCUT2D eigenvalue weighted by Crippen LogP contribution is 2.14. The molecule has 1 aliphatic rings. The van der Waals surface area contributed by atoms with Crippen LogP contribution in [0, 0.1) is 0 Å². The molecule has 1 aromatic rings. The minimum absolute atomic E-state index is 0.0126. The summed E-state index contributed by atoms with van der Waals surface area (Å²) < 4.78 is 5.39. The van der Waals surface area contributed by atoms with E-state index in [0.29, 0.717) is 19.8 Å². The standard InChI is InChI=1S/C16H23N3O3/c17-10-15(20)18-11-16(21)19(14-7-9-22-12-14)8-6-13-4-2-1-3-5-13/h1-5,14H,6-12,17H2,(H,18,20). The van der Waals surface area contributed by atoms with E-state index in [1.54, 1.807) is 0 Å². The maximum atomic E-state index is 12.4. The first-order valence-electron chi connectivity index (χ1n) is 7.58. The van der Waals surface area contributed by atoms with Gasteiger partial charge in [-0.15, -0.1) is 0 Å². The highest BCUT2D eigenvalue weighted by atomic mass is 16.5. The largest absolute Gasteiger partial charge is 0.379 e. The van der Waals surface area contributed by atoms with E-state index in [1.807, 2.05) is 35.2 Å². The Labute approximate surface area is 130 Å². The van der Waals surface area contributed by atoms with Gasteiger partial charge in [-0.2, -0.15) is 0 Å². The lowest BCUT2D eigenvalue weighted by atomic mass is 10.1. The zero-order valence-corrected chi connectivity index (χ0v) is 12.7. The van der Waals surface area contributed by atoms with Gasteiger partial charge in [-0.05, 0) is 18.4 Å². The van der Waals surface area contributed by atoms with Crippen LogP contribution in [0.25, 0.3) is 0 Å². The highest BCUT2D eigenvalue weighted by molar-refractivity contribution is 5.85. The normalized spacial score (nSPS) is 17.2. The molecule has 1 heterocycles. The molecule has 2 amide bonds. The molecule has 0 saturated carbocycles. The SMILES string of the molecule is NCC(=O)NCC(=O)N(CCc1ccccc1)C1CCOC1. The van der Waals surface area contributed by atoms with Crippen molar-refractivity contribution in [3.8, 4) is 0 Å². The predicted octanol–water partition coefficient (Wildman–Crippen LogP) is -0.0785. The van der Waals surface area contributed by atoms with Crippen LogP contribution >= 0.6 is 0 Å². The lowest BCUT2D eigenvalue weighted by Gasteiger charge is -2.28. The number of hydrogen-bond acceptors (Lipinski definition) is 4. The summed E-state index contributed by atoms with van der Waals surface area (Å²) in [6.45, 7) is 1.74. The van der Waals surface area contributed by atoms with E-state index in [0.717, 1.165) is 12.8 Å². The number of nitrogens with zero attached hydrogens (tertiary/aromatic N) is 1. The number of carbonyl (C=O) groups excluding carboxylic acids is 2. The third kappa shape index (κ3) is 4.82. The molecule has 1 saturated heterocycles. The Balaban J connectivity index is 1.93. The van der Waals surface area contributed by atoms with Crippen molar-refractivity contribution in [3.05, 3.63) is 35.9 Å². The summed E-state index contributed by atoms with van der Waals surface area (Å²) in [7, 11) is 0. The average molecular weight is 305 g/mol. The highest BCUT2D eigenvalue weighted by Gasteiger charge is 2.27. The maximum Gasteiger partial charge on any atom is 0.242 e. The third-order valence-corrected chi connectivity index (χ3v) is 3.77. The van der Waals surface area contributed by atoms with Crippen LogP contribution in [0.15, 0.2) is 30.3 Å². The summed E-state index contributed by atoms with van der Waals surface area (Å²) in [6.07, 6.45) is 1.62. The van der Waals surface area contributed by atoms with Crippen molar-refractivity contribution < 1.29 is 14.3 Å². The summed E-state index contributed by atoms with van der Waals surface area (Å²) in [5, 5.41) is 2.54. The molecule has 1 atom stereocenters. The number of rotatable bonds is 7. The molecule has 6 nitrogen and oxygen atoms in total. The molecule has 0 radical (unpaired) electrons. The van der Waals surface area contributed by atoms with Crippen LogP contribution in [-0.2, 0) is 20.7 Å². The molecule has 0 aromatic heterocycles. The molecule has 1 aromatic carbocycles. The Hall–Kier alpha value is -1.92. The van der Waals surface area contributed by atoms with E-state index in [-0.39, 0.29) is 30.9 Å². The Bertz CT molecular complexity index is 487. The zero-order valence-electron chi connectivity index (χ0n) is 12.7. The minimum atomic E-state index is -0.320. The molecular weight excluding hydrogens is 282 g/mol. The summed E-state index contributed by atoms with van der Waals surface area (Å²) in [6, 6.07) is 10.1. The Kier molecular flexibility index (Phi) is 6.36. The van der Waals surface area contributed by atoms with Gasteiger partial charge in [-0.3, -0.25) is 9.59 Å². The Morgan fingerprint density at radius 3 is 2.73 bits per heavy atom. The van der Waals surface area contributed by atoms with E-state index >= 15 is 0 Å². The third-order valence-electron chi connectivity index (χ3n) is 3.77. The van der Waals surface area contributed by atoms with E-state index in [1.165, 1.54) is 5.56 Å². The van der Waals surface area contributed by atoms with E-state index in [2.05, 4.69) is 5.32 Å². The van der Waals surface area contributed by atoms with Gasteiger partial charge in [0.25, 0.3) is 0 Å². The Morgan fingerprint density at radius 2 is 2.09 bits per heavy atom. The molecule has 0 aliphatic carbocycles. The van der Waals surface area contributed by atoms with Crippen molar-refractivity contribution in [2.24, 2.45) is 5.73 Å². The van der Waals surface area contributed by atoms with Crippen LogP contribution in [-0.4, -0.2) is 55.6 Å². The van der Waals surface area contributed by atoms with E-state index in [4.69, 9.17) is 10.5 Å². The second kappa shape index (κ2) is 8.51. The monoisotopic (exact) mass is 305 g/mol. The average Bonchev–Trinajstić information content (AvgIpc) is 3.08. The van der Waals surface area contributed by atoms with Crippen molar-refractivity contribution in [2.45, 2.75) is 18.9 Å². The smallest absolute Gasteiger partial charge is 0.242 e. The fourth-order valence-corrected chi connectivity index (χ4v) is 2.52. The summed E-state index contributed by atoms with van der Waals surface area (Å²) in [5.41, 5.74) is 6.42. The Morgan fingerprint density at radius 1 is 1.32 bits per heavy atom. The lowest BCUT2D eigenvalue weighted by molar-refractivity contribution is -0.134. The second-order valence-corrected chi connectivity index (χ2v) is 5.32. The fraction of sp³-hybridized carbons (Fsp3) is 0.500. The van der Waals surface area contributed by atoms with Gasteiger partial charge in [-0.25, -0.2) is 0 Å². The van der Waals surface area contributed by atoms with Gasteiger partial charge in [-0.1, -0.05) is 30.3 Å². The number of nitrogens with two attached hydrogens (primary N) is 1. The van der Waals surface area contributed by atoms with Gasteiger partial charge < -0.3 is 20.7 Å². The van der Waals surface area contributed by atoms with Gasteiger partial charge in [0.1, 0.15) is 0 Å². The molecule has 1 fully saturated rings. The first-order chi connectivity index (χ1) is 10.7. The number of amides is 2. The molecule has 6 heteroatoms. The molecule has 1 aliphatic heterocycles. The van der Waals surface area contributed by atoms with Gasteiger partial charge in [0.2, 0.25) is 11.8 Å². The van der Waals surface area contributed by atoms with Crippen molar-refractivity contribution in [1.82, 2.24) is 10.2 Å². The number of nitrogens with one attached hydrogen (secondary N) is 1. The minimum Gasteiger partial charge on any atom is -0.379 e. The lowest BCUT2D eigenvalue weighted by Crippen LogP contribution is -2.47. The first kappa shape index (κ1) is 16.5. The van der Waals surface area contributed by atoms with Crippen LogP contribution in [0.1, 0.15) is 12.0 Å². The maximum absolute atomic E-state index is 12.4. The first-order valence-corrected chi connectivity index (χ1v) is 7.58. The number of benzene rings is 1. The zero-order chi connectivity index (χ0) is 15.8. The van der Waals surface area contributed by atoms with Crippen LogP contribution in [0.3, 0.4) is 0 Å². The molecule has 1 unspecified atom stereocenters. The van der Waals surface area contributed by atoms with Gasteiger partial charge in [0, 0.05) is 13.2 Å². The van der Waals surface area contributed by atoms with Crippen molar-refractivity contribution in [2.75, 3.05) is 32.8 Å². The van der Waals surface area contributed by atoms with Gasteiger partial charge in [0.05, 0.1) is 25.7 Å². The molecule has 0 bridgehead atoms. The van der Waals surface area contributed by atoms with Crippen molar-refractivity contribution >= 4 is 11.8 Å². The summed E-state index contributed by atoms with van der Waals surface area (Å²) >= 11 is 0. The van der Waals surface area contributed by atoms with Gasteiger partial charge >= 0.3 is 0 Å². The second-order valence-electron chi connectivity index (χ2n) is 5.32. The van der Waals surface area contributed by atoms with E-state index in [9.17, 15) is 9.59 Å². The quantitative estimate of drug-likeness (QED) is 0.738. The van der Waals surface area contributed by atoms with Crippen LogP contribution in [0.5, 0.6) is 0 Å². The molecule has 2 rings (SSSR count). The predicted molar refractivity (Wildman–Crippen MR) is 83.1 cm³/mol. The fourth-order valence-electron chi connectivity index (χ4n) is 2.52. The molecular formula is C16H23N3O3. The number of carbonyl (C=O) groups is 2. The summed E-state index contributed by atoms with van der Waals surface area (Å²) in [4.78, 5) is 25.4. The van der Waals surface area contributed by atoms with Crippen LogP contribution in [0.2, 0.25) is 0 Å². The molecule has 22 heavy (non-hydrogen) atoms. The number of ether oxygens (including phenoxy) is 1. The van der Waals surface area contributed by atoms with E-state index < -0.39 is 0 Å². The van der Waals surface area contributed by atoms with Crippen LogP contribution < -0.4 is 11.1 Å². The summed E-state index contributed by atoms with van der Waals surface area (Å²) in [5.74, 6) is -0.410. The van der Waals surface area contributed by atoms with Crippen LogP contribution in [0.4, 0.5) is 0 Å². The van der Waals surface area contributed by atoms with Crippen molar-refractivity contribution in [3.63, 3.8) is 0 Å². The number of hydrogen-bond donors (Lipinski definition) is 2. The molecule has 0 spiro atoms. The van der Waals surface area contributed by atoms with Gasteiger partial charge in [0.15, 0.2) is 0 Å². The molecule has 3 N–H and O–H groups in total. The molecule has 120 valence electrons.